The minimum Gasteiger partial charge on any atom is -0.357 e. The molecule has 0 bridgehead atoms. The van der Waals surface area contributed by atoms with Gasteiger partial charge in [-0.3, -0.25) is 0 Å². The van der Waals surface area contributed by atoms with E-state index in [2.05, 4.69) is 32.7 Å². The van der Waals surface area contributed by atoms with Crippen LogP contribution < -0.4 is 10.6 Å². The van der Waals surface area contributed by atoms with Crippen LogP contribution in [0.3, 0.4) is 0 Å². The summed E-state index contributed by atoms with van der Waals surface area (Å²) in [5, 5.41) is 14.5. The van der Waals surface area contributed by atoms with E-state index in [1.165, 1.54) is 6.26 Å². The molecule has 1 heterocycles. The third kappa shape index (κ3) is 5.83. The Bertz CT molecular complexity index is 827. The van der Waals surface area contributed by atoms with E-state index in [9.17, 15) is 8.42 Å². The third-order valence-electron chi connectivity index (χ3n) is 3.77. The highest BCUT2D eigenvalue weighted by atomic mass is 32.2. The van der Waals surface area contributed by atoms with Crippen molar-refractivity contribution in [2.45, 2.75) is 38.3 Å². The molecule has 0 unspecified atom stereocenters. The first kappa shape index (κ1) is 19.9. The van der Waals surface area contributed by atoms with Crippen molar-refractivity contribution >= 4 is 15.8 Å². The largest absolute Gasteiger partial charge is 0.357 e. The number of aryl methyl sites for hydroxylation is 1. The van der Waals surface area contributed by atoms with E-state index in [0.29, 0.717) is 23.9 Å². The van der Waals surface area contributed by atoms with Crippen LogP contribution in [0.2, 0.25) is 0 Å². The van der Waals surface area contributed by atoms with E-state index in [4.69, 9.17) is 0 Å². The molecule has 0 fully saturated rings. The molecule has 0 spiro atoms. The van der Waals surface area contributed by atoms with Crippen molar-refractivity contribution in [3.63, 3.8) is 0 Å². The topological polar surface area (TPSA) is 101 Å². The van der Waals surface area contributed by atoms with Gasteiger partial charge in [0.1, 0.15) is 12.2 Å². The summed E-state index contributed by atoms with van der Waals surface area (Å²) in [6, 6.07) is 6.79. The van der Waals surface area contributed by atoms with Crippen molar-refractivity contribution in [3.8, 4) is 0 Å². The van der Waals surface area contributed by atoms with Gasteiger partial charge in [-0.15, -0.1) is 10.2 Å². The van der Waals surface area contributed by atoms with E-state index in [0.717, 1.165) is 30.9 Å². The lowest BCUT2D eigenvalue weighted by Gasteiger charge is -2.12. The van der Waals surface area contributed by atoms with Gasteiger partial charge in [0.15, 0.2) is 15.8 Å². The van der Waals surface area contributed by atoms with Gasteiger partial charge in [-0.25, -0.2) is 13.4 Å². The SMILES string of the molecule is CCNC(=NCc1ccc(S(C)(=O)=O)cc1)NCCn1cnnc1CC. The monoisotopic (exact) mass is 378 g/mol. The summed E-state index contributed by atoms with van der Waals surface area (Å²) < 4.78 is 25.0. The van der Waals surface area contributed by atoms with Gasteiger partial charge in [0.25, 0.3) is 0 Å². The highest BCUT2D eigenvalue weighted by Crippen LogP contribution is 2.10. The molecule has 1 aromatic carbocycles. The molecular formula is C17H26N6O2S. The highest BCUT2D eigenvalue weighted by Gasteiger charge is 2.06. The summed E-state index contributed by atoms with van der Waals surface area (Å²) >= 11 is 0. The number of benzene rings is 1. The number of guanidine groups is 1. The Balaban J connectivity index is 1.93. The van der Waals surface area contributed by atoms with Crippen molar-refractivity contribution in [2.24, 2.45) is 4.99 Å². The Kier molecular flexibility index (Phi) is 7.14. The average Bonchev–Trinajstić information content (AvgIpc) is 3.07. The number of nitrogens with one attached hydrogen (secondary N) is 2. The Hall–Kier alpha value is -2.42. The average molecular weight is 379 g/mol. The van der Waals surface area contributed by atoms with Crippen molar-refractivity contribution in [1.82, 2.24) is 25.4 Å². The zero-order valence-electron chi connectivity index (χ0n) is 15.4. The van der Waals surface area contributed by atoms with Gasteiger partial charge in [0.05, 0.1) is 11.4 Å². The minimum absolute atomic E-state index is 0.316. The molecule has 0 radical (unpaired) electrons. The van der Waals surface area contributed by atoms with Gasteiger partial charge in [0, 0.05) is 32.3 Å². The fraction of sp³-hybridized carbons (Fsp3) is 0.471. The second-order valence-electron chi connectivity index (χ2n) is 5.83. The second-order valence-corrected chi connectivity index (χ2v) is 7.85. The molecule has 2 rings (SSSR count). The molecule has 0 atom stereocenters. The van der Waals surface area contributed by atoms with Crippen LogP contribution in [0.4, 0.5) is 0 Å². The molecule has 26 heavy (non-hydrogen) atoms. The Morgan fingerprint density at radius 3 is 2.54 bits per heavy atom. The third-order valence-corrected chi connectivity index (χ3v) is 4.90. The molecule has 142 valence electrons. The molecule has 0 aliphatic heterocycles. The number of sulfone groups is 1. The standard InChI is InChI=1S/C17H26N6O2S/c1-4-16-22-21-13-23(16)11-10-19-17(18-5-2)20-12-14-6-8-15(9-7-14)26(3,24)25/h6-9,13H,4-5,10-12H2,1-3H3,(H2,18,19,20). The summed E-state index contributed by atoms with van der Waals surface area (Å²) in [4.78, 5) is 4.86. The minimum atomic E-state index is -3.17. The maximum atomic E-state index is 11.5. The van der Waals surface area contributed by atoms with Crippen LogP contribution >= 0.6 is 0 Å². The summed E-state index contributed by atoms with van der Waals surface area (Å²) in [5.41, 5.74) is 0.946. The lowest BCUT2D eigenvalue weighted by atomic mass is 10.2. The van der Waals surface area contributed by atoms with Crippen molar-refractivity contribution < 1.29 is 8.42 Å². The molecule has 9 heteroatoms. The quantitative estimate of drug-likeness (QED) is 0.525. The van der Waals surface area contributed by atoms with Crippen molar-refractivity contribution in [3.05, 3.63) is 42.0 Å². The predicted octanol–water partition coefficient (Wildman–Crippen LogP) is 0.999. The molecule has 1 aromatic heterocycles. The number of nitrogens with zero attached hydrogens (tertiary/aromatic N) is 4. The number of hydrogen-bond acceptors (Lipinski definition) is 5. The number of hydrogen-bond donors (Lipinski definition) is 2. The van der Waals surface area contributed by atoms with E-state index in [-0.39, 0.29) is 0 Å². The van der Waals surface area contributed by atoms with E-state index in [1.54, 1.807) is 30.6 Å². The maximum absolute atomic E-state index is 11.5. The number of aliphatic imine (C=N–C) groups is 1. The van der Waals surface area contributed by atoms with E-state index >= 15 is 0 Å². The van der Waals surface area contributed by atoms with Crippen LogP contribution in [0, 0.1) is 0 Å². The first-order valence-corrected chi connectivity index (χ1v) is 10.5. The van der Waals surface area contributed by atoms with Crippen LogP contribution in [0.25, 0.3) is 0 Å². The highest BCUT2D eigenvalue weighted by molar-refractivity contribution is 7.90. The number of rotatable bonds is 8. The summed E-state index contributed by atoms with van der Waals surface area (Å²) in [7, 11) is -3.17. The van der Waals surface area contributed by atoms with Gasteiger partial charge < -0.3 is 15.2 Å². The fourth-order valence-electron chi connectivity index (χ4n) is 2.39. The number of aromatic nitrogens is 3. The fourth-order valence-corrected chi connectivity index (χ4v) is 3.02. The summed E-state index contributed by atoms with van der Waals surface area (Å²) in [5.74, 6) is 1.67. The molecule has 0 amide bonds. The van der Waals surface area contributed by atoms with Gasteiger partial charge in [-0.1, -0.05) is 19.1 Å². The van der Waals surface area contributed by atoms with Crippen molar-refractivity contribution in [2.75, 3.05) is 19.3 Å². The van der Waals surface area contributed by atoms with E-state index in [1.807, 2.05) is 11.5 Å². The van der Waals surface area contributed by atoms with Crippen LogP contribution in [0.1, 0.15) is 25.2 Å². The Morgan fingerprint density at radius 1 is 1.19 bits per heavy atom. The molecular weight excluding hydrogens is 352 g/mol. The molecule has 0 aliphatic carbocycles. The van der Waals surface area contributed by atoms with Crippen LogP contribution in [-0.2, 0) is 29.3 Å². The lowest BCUT2D eigenvalue weighted by Crippen LogP contribution is -2.38. The smallest absolute Gasteiger partial charge is 0.191 e. The van der Waals surface area contributed by atoms with Gasteiger partial charge in [-0.2, -0.15) is 0 Å². The van der Waals surface area contributed by atoms with Crippen LogP contribution in [0.15, 0.2) is 40.5 Å². The molecule has 8 nitrogen and oxygen atoms in total. The predicted molar refractivity (Wildman–Crippen MR) is 102 cm³/mol. The molecule has 0 aliphatic rings. The maximum Gasteiger partial charge on any atom is 0.191 e. The Labute approximate surface area is 154 Å². The first-order valence-electron chi connectivity index (χ1n) is 8.62. The normalized spacial score (nSPS) is 12.2. The van der Waals surface area contributed by atoms with Crippen LogP contribution in [-0.4, -0.2) is 48.5 Å². The van der Waals surface area contributed by atoms with Crippen LogP contribution in [0.5, 0.6) is 0 Å². The van der Waals surface area contributed by atoms with E-state index < -0.39 is 9.84 Å². The summed E-state index contributed by atoms with van der Waals surface area (Å²) in [6.07, 6.45) is 3.78. The van der Waals surface area contributed by atoms with Gasteiger partial charge >= 0.3 is 0 Å². The van der Waals surface area contributed by atoms with Crippen molar-refractivity contribution in [1.29, 1.82) is 0 Å². The lowest BCUT2D eigenvalue weighted by molar-refractivity contribution is 0.602. The van der Waals surface area contributed by atoms with Gasteiger partial charge in [0.2, 0.25) is 0 Å². The van der Waals surface area contributed by atoms with Gasteiger partial charge in [-0.05, 0) is 24.6 Å². The molecule has 2 N–H and O–H groups in total. The summed E-state index contributed by atoms with van der Waals surface area (Å²) in [6.45, 7) is 6.73. The first-order chi connectivity index (χ1) is 12.4. The zero-order chi connectivity index (χ0) is 19.0. The zero-order valence-corrected chi connectivity index (χ0v) is 16.3. The second kappa shape index (κ2) is 9.33. The molecule has 2 aromatic rings. The molecule has 0 saturated heterocycles. The molecule has 0 saturated carbocycles. The Morgan fingerprint density at radius 2 is 1.92 bits per heavy atom.